The molecule has 1 aliphatic heterocycles. The Bertz CT molecular complexity index is 507. The van der Waals surface area contributed by atoms with Gasteiger partial charge in [-0.3, -0.25) is 4.79 Å². The molecule has 1 aliphatic carbocycles. The molecule has 1 aromatic heterocycles. The van der Waals surface area contributed by atoms with Crippen molar-refractivity contribution in [2.75, 3.05) is 20.2 Å². The smallest absolute Gasteiger partial charge is 0.272 e. The normalized spacial score (nSPS) is 29.4. The van der Waals surface area contributed by atoms with Crippen LogP contribution in [0.5, 0.6) is 5.88 Å². The Morgan fingerprint density at radius 2 is 2.42 bits per heavy atom. The standard InChI is InChI=1S/C13H18N4O2/c1-19-11-5-10(15-8-16-11)12(18)17-6-9-3-2-4-13(9,14)7-17/h5,8-9H,2-4,6-7,14H2,1H3. The lowest BCUT2D eigenvalue weighted by Crippen LogP contribution is -2.45. The van der Waals surface area contributed by atoms with Gasteiger partial charge >= 0.3 is 0 Å². The zero-order valence-electron chi connectivity index (χ0n) is 11.0. The van der Waals surface area contributed by atoms with E-state index in [4.69, 9.17) is 10.5 Å². The topological polar surface area (TPSA) is 81.3 Å². The highest BCUT2D eigenvalue weighted by Crippen LogP contribution is 2.39. The van der Waals surface area contributed by atoms with Gasteiger partial charge in [-0.05, 0) is 18.8 Å². The summed E-state index contributed by atoms with van der Waals surface area (Å²) in [5.41, 5.74) is 6.56. The second-order valence-corrected chi connectivity index (χ2v) is 5.45. The maximum absolute atomic E-state index is 12.4. The van der Waals surface area contributed by atoms with E-state index in [0.717, 1.165) is 19.4 Å². The molecule has 2 heterocycles. The minimum atomic E-state index is -0.188. The summed E-state index contributed by atoms with van der Waals surface area (Å²) in [5.74, 6) is 0.750. The third-order valence-corrected chi connectivity index (χ3v) is 4.29. The number of aromatic nitrogens is 2. The van der Waals surface area contributed by atoms with Gasteiger partial charge in [0.15, 0.2) is 0 Å². The largest absolute Gasteiger partial charge is 0.481 e. The van der Waals surface area contributed by atoms with E-state index in [-0.39, 0.29) is 11.4 Å². The molecule has 0 bridgehead atoms. The molecule has 1 amide bonds. The number of fused-ring (bicyclic) bond motifs is 1. The Morgan fingerprint density at radius 1 is 1.58 bits per heavy atom. The summed E-state index contributed by atoms with van der Waals surface area (Å²) in [4.78, 5) is 22.2. The number of carbonyl (C=O) groups is 1. The molecule has 102 valence electrons. The van der Waals surface area contributed by atoms with E-state index >= 15 is 0 Å². The molecule has 19 heavy (non-hydrogen) atoms. The zero-order chi connectivity index (χ0) is 13.5. The van der Waals surface area contributed by atoms with E-state index in [1.165, 1.54) is 19.9 Å². The van der Waals surface area contributed by atoms with Crippen molar-refractivity contribution in [2.24, 2.45) is 11.7 Å². The Morgan fingerprint density at radius 3 is 3.16 bits per heavy atom. The van der Waals surface area contributed by atoms with Crippen LogP contribution in [-0.4, -0.2) is 46.5 Å². The van der Waals surface area contributed by atoms with E-state index in [0.29, 0.717) is 24.0 Å². The lowest BCUT2D eigenvalue weighted by molar-refractivity contribution is 0.0771. The van der Waals surface area contributed by atoms with E-state index in [2.05, 4.69) is 9.97 Å². The van der Waals surface area contributed by atoms with Crippen LogP contribution in [0, 0.1) is 5.92 Å². The summed E-state index contributed by atoms with van der Waals surface area (Å²) in [6, 6.07) is 1.57. The van der Waals surface area contributed by atoms with Crippen molar-refractivity contribution in [3.63, 3.8) is 0 Å². The van der Waals surface area contributed by atoms with Gasteiger partial charge in [0.2, 0.25) is 5.88 Å². The van der Waals surface area contributed by atoms with Crippen molar-refractivity contribution in [2.45, 2.75) is 24.8 Å². The van der Waals surface area contributed by atoms with E-state index < -0.39 is 0 Å². The predicted molar refractivity (Wildman–Crippen MR) is 68.7 cm³/mol. The van der Waals surface area contributed by atoms with Crippen LogP contribution in [0.3, 0.4) is 0 Å². The first-order valence-electron chi connectivity index (χ1n) is 6.56. The molecule has 2 N–H and O–H groups in total. The van der Waals surface area contributed by atoms with Crippen molar-refractivity contribution in [1.82, 2.24) is 14.9 Å². The molecule has 2 atom stereocenters. The molecule has 0 aromatic carbocycles. The number of nitrogens with zero attached hydrogens (tertiary/aromatic N) is 3. The van der Waals surface area contributed by atoms with Gasteiger partial charge in [-0.25, -0.2) is 9.97 Å². The van der Waals surface area contributed by atoms with Crippen LogP contribution in [0.4, 0.5) is 0 Å². The molecular formula is C13H18N4O2. The van der Waals surface area contributed by atoms with Crippen LogP contribution >= 0.6 is 0 Å². The molecule has 6 heteroatoms. The van der Waals surface area contributed by atoms with Crippen LogP contribution in [0.2, 0.25) is 0 Å². The minimum absolute atomic E-state index is 0.0834. The molecule has 6 nitrogen and oxygen atoms in total. The number of hydrogen-bond acceptors (Lipinski definition) is 5. The van der Waals surface area contributed by atoms with Crippen LogP contribution < -0.4 is 10.5 Å². The van der Waals surface area contributed by atoms with Gasteiger partial charge in [0.25, 0.3) is 5.91 Å². The van der Waals surface area contributed by atoms with Crippen molar-refractivity contribution < 1.29 is 9.53 Å². The third kappa shape index (κ3) is 2.06. The van der Waals surface area contributed by atoms with Gasteiger partial charge in [-0.2, -0.15) is 0 Å². The van der Waals surface area contributed by atoms with Crippen molar-refractivity contribution in [3.05, 3.63) is 18.1 Å². The number of carbonyl (C=O) groups excluding carboxylic acids is 1. The summed E-state index contributed by atoms with van der Waals surface area (Å²) in [7, 11) is 1.52. The molecule has 2 unspecified atom stereocenters. The summed E-state index contributed by atoms with van der Waals surface area (Å²) in [5, 5.41) is 0. The third-order valence-electron chi connectivity index (χ3n) is 4.29. The lowest BCUT2D eigenvalue weighted by atomic mass is 9.92. The molecule has 2 fully saturated rings. The number of likely N-dealkylation sites (tertiary alicyclic amines) is 1. The first-order chi connectivity index (χ1) is 9.12. The van der Waals surface area contributed by atoms with Gasteiger partial charge in [0.05, 0.1) is 7.11 Å². The molecule has 1 aromatic rings. The number of nitrogens with two attached hydrogens (primary N) is 1. The maximum atomic E-state index is 12.4. The summed E-state index contributed by atoms with van der Waals surface area (Å²) >= 11 is 0. The van der Waals surface area contributed by atoms with E-state index in [1.807, 2.05) is 4.90 Å². The number of ether oxygens (including phenoxy) is 1. The lowest BCUT2D eigenvalue weighted by Gasteiger charge is -2.22. The molecule has 0 radical (unpaired) electrons. The fraction of sp³-hybridized carbons (Fsp3) is 0.615. The van der Waals surface area contributed by atoms with Crippen molar-refractivity contribution >= 4 is 5.91 Å². The Labute approximate surface area is 112 Å². The van der Waals surface area contributed by atoms with Gasteiger partial charge < -0.3 is 15.4 Å². The maximum Gasteiger partial charge on any atom is 0.272 e. The fourth-order valence-corrected chi connectivity index (χ4v) is 3.22. The molecular weight excluding hydrogens is 244 g/mol. The highest BCUT2D eigenvalue weighted by molar-refractivity contribution is 5.92. The van der Waals surface area contributed by atoms with Crippen molar-refractivity contribution in [1.29, 1.82) is 0 Å². The summed E-state index contributed by atoms with van der Waals surface area (Å²) < 4.78 is 5.02. The molecule has 3 rings (SSSR count). The molecule has 1 saturated carbocycles. The average molecular weight is 262 g/mol. The minimum Gasteiger partial charge on any atom is -0.481 e. The number of hydrogen-bond donors (Lipinski definition) is 1. The second-order valence-electron chi connectivity index (χ2n) is 5.45. The van der Waals surface area contributed by atoms with Crippen LogP contribution in [0.25, 0.3) is 0 Å². The van der Waals surface area contributed by atoms with E-state index in [1.54, 1.807) is 6.07 Å². The van der Waals surface area contributed by atoms with E-state index in [9.17, 15) is 4.79 Å². The molecule has 2 aliphatic rings. The fourth-order valence-electron chi connectivity index (χ4n) is 3.22. The first-order valence-corrected chi connectivity index (χ1v) is 6.56. The monoisotopic (exact) mass is 262 g/mol. The highest BCUT2D eigenvalue weighted by atomic mass is 16.5. The van der Waals surface area contributed by atoms with Gasteiger partial charge in [-0.15, -0.1) is 0 Å². The number of rotatable bonds is 2. The number of methoxy groups -OCH3 is 1. The average Bonchev–Trinajstić information content (AvgIpc) is 2.92. The molecule has 1 saturated heterocycles. The number of amides is 1. The zero-order valence-corrected chi connectivity index (χ0v) is 11.0. The van der Waals surface area contributed by atoms with Gasteiger partial charge in [0.1, 0.15) is 12.0 Å². The molecule has 0 spiro atoms. The van der Waals surface area contributed by atoms with Crippen LogP contribution in [0.1, 0.15) is 29.8 Å². The Kier molecular flexibility index (Phi) is 2.89. The summed E-state index contributed by atoms with van der Waals surface area (Å²) in [6.07, 6.45) is 4.65. The first kappa shape index (κ1) is 12.3. The Balaban J connectivity index is 1.78. The van der Waals surface area contributed by atoms with Crippen LogP contribution in [0.15, 0.2) is 12.4 Å². The SMILES string of the molecule is COc1cc(C(=O)N2CC3CCCC3(N)C2)ncn1. The quantitative estimate of drug-likeness (QED) is 0.836. The Hall–Kier alpha value is -1.69. The van der Waals surface area contributed by atoms with Gasteiger partial charge in [-0.1, -0.05) is 6.42 Å². The highest BCUT2D eigenvalue weighted by Gasteiger charge is 2.48. The second kappa shape index (κ2) is 4.45. The van der Waals surface area contributed by atoms with Crippen LogP contribution in [-0.2, 0) is 0 Å². The summed E-state index contributed by atoms with van der Waals surface area (Å²) in [6.45, 7) is 1.37. The van der Waals surface area contributed by atoms with Gasteiger partial charge in [0, 0.05) is 24.7 Å². The van der Waals surface area contributed by atoms with Crippen molar-refractivity contribution in [3.8, 4) is 5.88 Å². The predicted octanol–water partition coefficient (Wildman–Crippen LogP) is 0.439.